The molecule has 28 heavy (non-hydrogen) atoms. The maximum absolute atomic E-state index is 12.7. The van der Waals surface area contributed by atoms with Crippen molar-refractivity contribution in [1.82, 2.24) is 25.1 Å². The number of fused-ring (bicyclic) bond motifs is 1. The molecule has 7 nitrogen and oxygen atoms in total. The highest BCUT2D eigenvalue weighted by Crippen LogP contribution is 2.30. The Bertz CT molecular complexity index is 1050. The van der Waals surface area contributed by atoms with E-state index in [1.807, 2.05) is 33.0 Å². The van der Waals surface area contributed by atoms with Crippen LogP contribution in [0.5, 0.6) is 0 Å². The first-order valence-electron chi connectivity index (χ1n) is 9.15. The number of carbonyl (C=O) groups is 2. The van der Waals surface area contributed by atoms with Gasteiger partial charge in [-0.05, 0) is 38.8 Å². The molecular formula is C19H21N5O2S2. The van der Waals surface area contributed by atoms with Crippen molar-refractivity contribution in [2.24, 2.45) is 7.05 Å². The third-order valence-electron chi connectivity index (χ3n) is 4.65. The molecule has 3 heterocycles. The number of thiophene rings is 1. The summed E-state index contributed by atoms with van der Waals surface area (Å²) in [7, 11) is 1.84. The Morgan fingerprint density at radius 3 is 2.89 bits per heavy atom. The first kappa shape index (κ1) is 19.1. The topological polar surface area (TPSA) is 89.8 Å². The van der Waals surface area contributed by atoms with E-state index in [9.17, 15) is 9.59 Å². The zero-order chi connectivity index (χ0) is 19.8. The number of thioether (sulfide) groups is 1. The molecule has 1 aliphatic carbocycles. The number of carbonyl (C=O) groups excluding carboxylic acids is 2. The molecule has 1 amide bonds. The lowest BCUT2D eigenvalue weighted by molar-refractivity contribution is -0.122. The SMILES string of the molecule is Cc1nc(SCC(=O)c2ccc([C@H](C)C(=O)NC3CC3)s2)c2cnn(C)c2n1. The average Bonchev–Trinajstić information content (AvgIpc) is 3.21. The van der Waals surface area contributed by atoms with Gasteiger partial charge in [0.2, 0.25) is 5.91 Å². The van der Waals surface area contributed by atoms with Crippen molar-refractivity contribution in [2.45, 2.75) is 43.7 Å². The minimum absolute atomic E-state index is 0.0318. The molecule has 1 N–H and O–H groups in total. The number of ketones is 1. The Balaban J connectivity index is 1.43. The molecule has 0 radical (unpaired) electrons. The van der Waals surface area contributed by atoms with E-state index >= 15 is 0 Å². The standard InChI is InChI=1S/C19H21N5O2S2/c1-10(18(26)23-12-4-5-12)15-6-7-16(28-15)14(25)9-27-19-13-8-20-24(3)17(13)21-11(2)22-19/h6-8,10,12H,4-5,9H2,1-3H3,(H,23,26)/t10-/m0/s1. The van der Waals surface area contributed by atoms with Gasteiger partial charge in [-0.3, -0.25) is 14.3 Å². The number of amides is 1. The molecule has 0 aromatic carbocycles. The minimum Gasteiger partial charge on any atom is -0.353 e. The molecule has 0 unspecified atom stereocenters. The van der Waals surface area contributed by atoms with Gasteiger partial charge in [-0.1, -0.05) is 11.8 Å². The van der Waals surface area contributed by atoms with Crippen LogP contribution in [0.3, 0.4) is 0 Å². The van der Waals surface area contributed by atoms with Crippen LogP contribution in [0.2, 0.25) is 0 Å². The zero-order valence-electron chi connectivity index (χ0n) is 15.9. The van der Waals surface area contributed by atoms with Gasteiger partial charge in [0.05, 0.1) is 28.1 Å². The molecule has 3 aromatic heterocycles. The summed E-state index contributed by atoms with van der Waals surface area (Å²) in [5.74, 6) is 0.764. The van der Waals surface area contributed by atoms with E-state index in [0.717, 1.165) is 33.8 Å². The second-order valence-corrected chi connectivity index (χ2v) is 9.08. The van der Waals surface area contributed by atoms with Gasteiger partial charge in [-0.2, -0.15) is 5.10 Å². The van der Waals surface area contributed by atoms with Crippen LogP contribution in [-0.2, 0) is 11.8 Å². The fourth-order valence-electron chi connectivity index (χ4n) is 2.83. The fraction of sp³-hybridized carbons (Fsp3) is 0.421. The number of aromatic nitrogens is 4. The van der Waals surface area contributed by atoms with E-state index in [0.29, 0.717) is 16.7 Å². The van der Waals surface area contributed by atoms with Crippen molar-refractivity contribution in [3.8, 4) is 0 Å². The molecule has 0 saturated heterocycles. The van der Waals surface area contributed by atoms with Gasteiger partial charge in [0.15, 0.2) is 11.4 Å². The van der Waals surface area contributed by atoms with E-state index in [2.05, 4.69) is 20.4 Å². The van der Waals surface area contributed by atoms with Crippen molar-refractivity contribution in [3.05, 3.63) is 33.9 Å². The molecule has 0 bridgehead atoms. The van der Waals surface area contributed by atoms with Gasteiger partial charge in [0.25, 0.3) is 0 Å². The lowest BCUT2D eigenvalue weighted by Crippen LogP contribution is -2.29. The summed E-state index contributed by atoms with van der Waals surface area (Å²) in [6.07, 6.45) is 3.86. The monoisotopic (exact) mass is 415 g/mol. The van der Waals surface area contributed by atoms with Gasteiger partial charge in [0.1, 0.15) is 10.9 Å². The highest BCUT2D eigenvalue weighted by atomic mass is 32.2. The van der Waals surface area contributed by atoms with Crippen molar-refractivity contribution in [1.29, 1.82) is 0 Å². The van der Waals surface area contributed by atoms with Crippen molar-refractivity contribution in [3.63, 3.8) is 0 Å². The van der Waals surface area contributed by atoms with Crippen LogP contribution in [0, 0.1) is 6.92 Å². The maximum Gasteiger partial charge on any atom is 0.228 e. The molecular weight excluding hydrogens is 394 g/mol. The van der Waals surface area contributed by atoms with Crippen molar-refractivity contribution in [2.75, 3.05) is 5.75 Å². The minimum atomic E-state index is -0.237. The Morgan fingerprint density at radius 2 is 2.14 bits per heavy atom. The Hall–Kier alpha value is -2.26. The predicted molar refractivity (Wildman–Crippen MR) is 110 cm³/mol. The number of nitrogens with zero attached hydrogens (tertiary/aromatic N) is 4. The third-order valence-corrected chi connectivity index (χ3v) is 6.95. The van der Waals surface area contributed by atoms with Crippen LogP contribution in [0.25, 0.3) is 11.0 Å². The number of hydrogen-bond acceptors (Lipinski definition) is 7. The van der Waals surface area contributed by atoms with E-state index in [1.165, 1.54) is 23.1 Å². The number of nitrogens with one attached hydrogen (secondary N) is 1. The average molecular weight is 416 g/mol. The van der Waals surface area contributed by atoms with E-state index in [1.54, 1.807) is 10.9 Å². The second kappa shape index (κ2) is 7.63. The van der Waals surface area contributed by atoms with Crippen LogP contribution in [0.1, 0.15) is 46.1 Å². The predicted octanol–water partition coefficient (Wildman–Crippen LogP) is 3.09. The molecule has 3 aromatic rings. The molecule has 1 fully saturated rings. The van der Waals surface area contributed by atoms with Crippen LogP contribution < -0.4 is 5.32 Å². The highest BCUT2D eigenvalue weighted by molar-refractivity contribution is 8.00. The van der Waals surface area contributed by atoms with Crippen molar-refractivity contribution < 1.29 is 9.59 Å². The smallest absolute Gasteiger partial charge is 0.228 e. The van der Waals surface area contributed by atoms with Crippen LogP contribution in [0.4, 0.5) is 0 Å². The lowest BCUT2D eigenvalue weighted by Gasteiger charge is -2.09. The van der Waals surface area contributed by atoms with Crippen molar-refractivity contribution >= 4 is 45.8 Å². The van der Waals surface area contributed by atoms with Gasteiger partial charge >= 0.3 is 0 Å². The van der Waals surface area contributed by atoms with E-state index < -0.39 is 0 Å². The number of aryl methyl sites for hydroxylation is 2. The summed E-state index contributed by atoms with van der Waals surface area (Å²) in [5.41, 5.74) is 0.761. The first-order chi connectivity index (χ1) is 13.4. The Morgan fingerprint density at radius 1 is 1.36 bits per heavy atom. The fourth-order valence-corrected chi connectivity index (χ4v) is 4.84. The van der Waals surface area contributed by atoms with E-state index in [4.69, 9.17) is 0 Å². The zero-order valence-corrected chi connectivity index (χ0v) is 17.6. The molecule has 1 aliphatic rings. The Labute approximate surface area is 170 Å². The summed E-state index contributed by atoms with van der Waals surface area (Å²) in [6.45, 7) is 3.72. The summed E-state index contributed by atoms with van der Waals surface area (Å²) in [5, 5.41) is 8.86. The van der Waals surface area contributed by atoms with Gasteiger partial charge in [0, 0.05) is 18.0 Å². The molecule has 1 atom stereocenters. The quantitative estimate of drug-likeness (QED) is 0.362. The largest absolute Gasteiger partial charge is 0.353 e. The molecule has 0 spiro atoms. The number of Topliss-reactive ketones (excluding diaryl/α,β-unsaturated/α-hetero) is 1. The summed E-state index contributed by atoms with van der Waals surface area (Å²) in [4.78, 5) is 35.3. The molecule has 1 saturated carbocycles. The summed E-state index contributed by atoms with van der Waals surface area (Å²) >= 11 is 2.79. The van der Waals surface area contributed by atoms with Gasteiger partial charge in [-0.15, -0.1) is 11.3 Å². The maximum atomic E-state index is 12.7. The first-order valence-corrected chi connectivity index (χ1v) is 10.9. The molecule has 4 rings (SSSR count). The summed E-state index contributed by atoms with van der Waals surface area (Å²) in [6, 6.07) is 4.04. The van der Waals surface area contributed by atoms with Gasteiger partial charge < -0.3 is 5.32 Å². The van der Waals surface area contributed by atoms with Crippen LogP contribution in [-0.4, -0.2) is 43.2 Å². The van der Waals surface area contributed by atoms with Crippen LogP contribution in [0.15, 0.2) is 23.4 Å². The van der Waals surface area contributed by atoms with E-state index in [-0.39, 0.29) is 23.4 Å². The third kappa shape index (κ3) is 3.95. The second-order valence-electron chi connectivity index (χ2n) is 7.00. The number of hydrogen-bond donors (Lipinski definition) is 1. The molecule has 0 aliphatic heterocycles. The Kier molecular flexibility index (Phi) is 5.20. The lowest BCUT2D eigenvalue weighted by atomic mass is 10.1. The number of rotatable bonds is 7. The normalized spacial score (nSPS) is 15.0. The van der Waals surface area contributed by atoms with Crippen LogP contribution >= 0.6 is 23.1 Å². The van der Waals surface area contributed by atoms with Gasteiger partial charge in [-0.25, -0.2) is 9.97 Å². The highest BCUT2D eigenvalue weighted by Gasteiger charge is 2.27. The molecule has 146 valence electrons. The summed E-state index contributed by atoms with van der Waals surface area (Å²) < 4.78 is 1.70. The molecule has 9 heteroatoms.